The van der Waals surface area contributed by atoms with Crippen LogP contribution in [0.1, 0.15) is 386 Å². The molecule has 0 aromatic heterocycles. The van der Waals surface area contributed by atoms with Crippen molar-refractivity contribution in [2.75, 3.05) is 13.2 Å². The largest absolute Gasteiger partial charge is 0.466 e. The van der Waals surface area contributed by atoms with Gasteiger partial charge in [0.1, 0.15) is 0 Å². The number of hydrogen-bond donors (Lipinski definition) is 3. The Morgan fingerprint density at radius 2 is 0.610 bits per heavy atom. The van der Waals surface area contributed by atoms with Crippen molar-refractivity contribution < 1.29 is 24.5 Å². The smallest absolute Gasteiger partial charge is 0.305 e. The minimum Gasteiger partial charge on any atom is -0.466 e. The monoisotopic (exact) mass is 1150 g/mol. The Hall–Kier alpha value is -2.44. The molecule has 2 atom stereocenters. The summed E-state index contributed by atoms with van der Waals surface area (Å²) in [6.07, 6.45) is 94.5. The molecule has 0 aliphatic carbocycles. The Balaban J connectivity index is 3.44. The molecule has 2 unspecified atom stereocenters. The van der Waals surface area contributed by atoms with E-state index < -0.39 is 12.1 Å². The van der Waals surface area contributed by atoms with Crippen LogP contribution in [0.25, 0.3) is 0 Å². The molecule has 0 saturated carbocycles. The van der Waals surface area contributed by atoms with E-state index in [4.69, 9.17) is 4.74 Å². The van der Waals surface area contributed by atoms with Crippen LogP contribution < -0.4 is 5.32 Å². The van der Waals surface area contributed by atoms with Crippen LogP contribution in [0.4, 0.5) is 0 Å². The van der Waals surface area contributed by atoms with E-state index in [1.165, 1.54) is 302 Å². The SMILES string of the molecule is CCCCC/C=C\C/C=C\CCCCCCCC(=O)OCCCCCCCCCCC/C=C\C/C=C\CCCCCCCCCCCCCCCC(=O)NC(CO)C(O)/C=C/CCCCCCCCCCCCCCCCCCCCC. The molecule has 0 heterocycles. The molecule has 82 heavy (non-hydrogen) atoms. The molecule has 0 aliphatic rings. The average molecular weight is 1150 g/mol. The first kappa shape index (κ1) is 79.6. The van der Waals surface area contributed by atoms with Crippen LogP contribution in [0.15, 0.2) is 60.8 Å². The van der Waals surface area contributed by atoms with Gasteiger partial charge in [-0.1, -0.05) is 338 Å². The van der Waals surface area contributed by atoms with Gasteiger partial charge in [-0.3, -0.25) is 9.59 Å². The minimum absolute atomic E-state index is 0.00240. The summed E-state index contributed by atoms with van der Waals surface area (Å²) >= 11 is 0. The molecular formula is C76H141NO5. The normalized spacial score (nSPS) is 12.9. The molecule has 1 amide bonds. The molecule has 0 radical (unpaired) electrons. The zero-order chi connectivity index (χ0) is 59.2. The molecule has 480 valence electrons. The highest BCUT2D eigenvalue weighted by Crippen LogP contribution is 2.18. The van der Waals surface area contributed by atoms with Crippen LogP contribution in [0.5, 0.6) is 0 Å². The van der Waals surface area contributed by atoms with Crippen LogP contribution in [0, 0.1) is 0 Å². The van der Waals surface area contributed by atoms with Crippen LogP contribution >= 0.6 is 0 Å². The Morgan fingerprint density at radius 1 is 0.341 bits per heavy atom. The van der Waals surface area contributed by atoms with Crippen LogP contribution in [-0.4, -0.2) is 47.4 Å². The van der Waals surface area contributed by atoms with Crippen LogP contribution in [0.3, 0.4) is 0 Å². The summed E-state index contributed by atoms with van der Waals surface area (Å²) in [4.78, 5) is 24.6. The lowest BCUT2D eigenvalue weighted by Gasteiger charge is -2.20. The molecule has 3 N–H and O–H groups in total. The number of nitrogens with one attached hydrogen (secondary N) is 1. The Labute approximate surface area is 511 Å². The van der Waals surface area contributed by atoms with E-state index in [1.807, 2.05) is 6.08 Å². The summed E-state index contributed by atoms with van der Waals surface area (Å²) in [5.74, 6) is -0.0685. The first-order valence-corrected chi connectivity index (χ1v) is 36.6. The number of rotatable bonds is 68. The fraction of sp³-hybridized carbons (Fsp3) is 0.842. The second kappa shape index (κ2) is 71.0. The lowest BCUT2D eigenvalue weighted by atomic mass is 10.0. The van der Waals surface area contributed by atoms with Crippen molar-refractivity contribution in [3.63, 3.8) is 0 Å². The standard InChI is InChI=1S/C76H141NO5/c1-3-5-7-9-11-13-15-17-19-20-21-31-34-37-41-44-48-52-56-60-64-68-74(79)73(72-78)77-75(80)69-65-61-57-53-49-45-42-38-35-32-29-27-25-23-22-24-26-28-30-33-36-39-43-47-51-55-59-63-67-71-82-76(81)70-66-62-58-54-50-46-40-18-16-14-12-10-8-6-4-2/h12,14,18,22,24,28,30,40,64,68,73-74,78-79H,3-11,13,15-17,19-21,23,25-27,29,31-39,41-63,65-67,69-72H2,1-2H3,(H,77,80)/b14-12-,24-22-,30-28-,40-18-,68-64+. The molecule has 0 fully saturated rings. The van der Waals surface area contributed by atoms with Gasteiger partial charge in [-0.05, 0) is 96.3 Å². The maximum atomic E-state index is 12.5. The third-order valence-electron chi connectivity index (χ3n) is 16.8. The highest BCUT2D eigenvalue weighted by Gasteiger charge is 2.18. The molecule has 0 aromatic rings. The molecule has 0 saturated heterocycles. The first-order valence-electron chi connectivity index (χ1n) is 36.6. The number of esters is 1. The number of allylic oxidation sites excluding steroid dienone is 9. The molecular weight excluding hydrogens is 1010 g/mol. The molecule has 0 spiro atoms. The number of amides is 1. The average Bonchev–Trinajstić information content (AvgIpc) is 3.48. The molecule has 0 rings (SSSR count). The van der Waals surface area contributed by atoms with Gasteiger partial charge in [-0.25, -0.2) is 0 Å². The number of carbonyl (C=O) groups excluding carboxylic acids is 2. The lowest BCUT2D eigenvalue weighted by molar-refractivity contribution is -0.143. The van der Waals surface area contributed by atoms with Crippen molar-refractivity contribution in [2.45, 2.75) is 398 Å². The first-order chi connectivity index (χ1) is 40.5. The van der Waals surface area contributed by atoms with E-state index >= 15 is 0 Å². The van der Waals surface area contributed by atoms with E-state index in [-0.39, 0.29) is 18.5 Å². The lowest BCUT2D eigenvalue weighted by Crippen LogP contribution is -2.45. The summed E-state index contributed by atoms with van der Waals surface area (Å²) in [7, 11) is 0. The fourth-order valence-corrected chi connectivity index (χ4v) is 11.2. The quantitative estimate of drug-likeness (QED) is 0.0320. The molecule has 6 heteroatoms. The summed E-state index contributed by atoms with van der Waals surface area (Å²) in [5, 5.41) is 23.3. The maximum Gasteiger partial charge on any atom is 0.305 e. The number of aliphatic hydroxyl groups excluding tert-OH is 2. The van der Waals surface area contributed by atoms with Gasteiger partial charge in [0.15, 0.2) is 0 Å². The fourth-order valence-electron chi connectivity index (χ4n) is 11.2. The highest BCUT2D eigenvalue weighted by atomic mass is 16.5. The predicted molar refractivity (Wildman–Crippen MR) is 361 cm³/mol. The number of unbranched alkanes of at least 4 members (excludes halogenated alkanes) is 49. The second-order valence-electron chi connectivity index (χ2n) is 24.9. The van der Waals surface area contributed by atoms with Gasteiger partial charge in [0, 0.05) is 12.8 Å². The molecule has 0 aliphatic heterocycles. The van der Waals surface area contributed by atoms with Gasteiger partial charge in [0.05, 0.1) is 25.4 Å². The van der Waals surface area contributed by atoms with Gasteiger partial charge in [-0.15, -0.1) is 0 Å². The Morgan fingerprint density at radius 3 is 0.951 bits per heavy atom. The number of aliphatic hydroxyl groups is 2. The summed E-state index contributed by atoms with van der Waals surface area (Å²) in [6.45, 7) is 4.90. The zero-order valence-electron chi connectivity index (χ0n) is 55.0. The maximum absolute atomic E-state index is 12.5. The summed E-state index contributed by atoms with van der Waals surface area (Å²) in [6, 6.07) is -0.631. The van der Waals surface area contributed by atoms with Gasteiger partial charge < -0.3 is 20.3 Å². The van der Waals surface area contributed by atoms with Gasteiger partial charge in [0.2, 0.25) is 5.91 Å². The van der Waals surface area contributed by atoms with E-state index in [0.29, 0.717) is 19.4 Å². The van der Waals surface area contributed by atoms with Crippen molar-refractivity contribution in [3.05, 3.63) is 60.8 Å². The van der Waals surface area contributed by atoms with Crippen molar-refractivity contribution in [1.29, 1.82) is 0 Å². The predicted octanol–water partition coefficient (Wildman–Crippen LogP) is 23.8. The highest BCUT2D eigenvalue weighted by molar-refractivity contribution is 5.76. The van der Waals surface area contributed by atoms with Gasteiger partial charge in [-0.2, -0.15) is 0 Å². The Bertz CT molecular complexity index is 1420. The Kier molecular flexibility index (Phi) is 68.9. The third-order valence-corrected chi connectivity index (χ3v) is 16.8. The van der Waals surface area contributed by atoms with Gasteiger partial charge in [0.25, 0.3) is 0 Å². The van der Waals surface area contributed by atoms with E-state index in [1.54, 1.807) is 6.08 Å². The van der Waals surface area contributed by atoms with Gasteiger partial charge >= 0.3 is 5.97 Å². The molecule has 0 aromatic carbocycles. The summed E-state index contributed by atoms with van der Waals surface area (Å²) < 4.78 is 5.48. The van der Waals surface area contributed by atoms with Crippen LogP contribution in [0.2, 0.25) is 0 Å². The van der Waals surface area contributed by atoms with E-state index in [9.17, 15) is 19.8 Å². The number of ether oxygens (including phenoxy) is 1. The van der Waals surface area contributed by atoms with E-state index in [0.717, 1.165) is 57.8 Å². The molecule has 6 nitrogen and oxygen atoms in total. The molecule has 0 bridgehead atoms. The minimum atomic E-state index is -0.847. The topological polar surface area (TPSA) is 95.9 Å². The number of carbonyl (C=O) groups is 2. The van der Waals surface area contributed by atoms with Crippen molar-refractivity contribution in [3.8, 4) is 0 Å². The van der Waals surface area contributed by atoms with Crippen LogP contribution in [-0.2, 0) is 14.3 Å². The number of hydrogen-bond acceptors (Lipinski definition) is 5. The van der Waals surface area contributed by atoms with Crippen molar-refractivity contribution in [2.24, 2.45) is 0 Å². The van der Waals surface area contributed by atoms with Crippen molar-refractivity contribution in [1.82, 2.24) is 5.32 Å². The zero-order valence-corrected chi connectivity index (χ0v) is 55.0. The second-order valence-corrected chi connectivity index (χ2v) is 24.9. The summed E-state index contributed by atoms with van der Waals surface area (Å²) in [5.41, 5.74) is 0. The third kappa shape index (κ3) is 66.7. The van der Waals surface area contributed by atoms with Crippen molar-refractivity contribution >= 4 is 11.9 Å². The van der Waals surface area contributed by atoms with E-state index in [2.05, 4.69) is 67.8 Å².